The van der Waals surface area contributed by atoms with Crippen LogP contribution in [0.3, 0.4) is 0 Å². The Bertz CT molecular complexity index is 684. The van der Waals surface area contributed by atoms with Gasteiger partial charge in [0.15, 0.2) is 0 Å². The molecule has 6 nitrogen and oxygen atoms in total. The summed E-state index contributed by atoms with van der Waals surface area (Å²) in [5, 5.41) is -3.81. The molecule has 0 saturated heterocycles. The van der Waals surface area contributed by atoms with E-state index in [2.05, 4.69) is 0 Å². The molecule has 0 atom stereocenters. The Balaban J connectivity index is 3.84. The number of hydrogen-bond acceptors (Lipinski definition) is 2. The van der Waals surface area contributed by atoms with E-state index in [9.17, 15) is 37.5 Å². The van der Waals surface area contributed by atoms with E-state index in [1.54, 1.807) is 0 Å². The molecule has 0 aliphatic rings. The highest BCUT2D eigenvalue weighted by atomic mass is 31.2. The Labute approximate surface area is 152 Å². The smallest absolute Gasteiger partial charge is 0.324 e. The van der Waals surface area contributed by atoms with Gasteiger partial charge in [0.05, 0.1) is 10.3 Å². The zero-order chi connectivity index (χ0) is 20.6. The zero-order valence-electron chi connectivity index (χ0n) is 15.2. The van der Waals surface area contributed by atoms with Gasteiger partial charge in [-0.25, -0.2) is 8.78 Å². The molecule has 0 fully saturated rings. The summed E-state index contributed by atoms with van der Waals surface area (Å²) in [7, 11) is -9.68. The lowest BCUT2D eigenvalue weighted by Gasteiger charge is -2.36. The van der Waals surface area contributed by atoms with Crippen molar-refractivity contribution in [2.24, 2.45) is 0 Å². The largest absolute Gasteiger partial charge is 0.336 e. The van der Waals surface area contributed by atoms with Gasteiger partial charge >= 0.3 is 15.2 Å². The Morgan fingerprint density at radius 1 is 0.731 bits per heavy atom. The molecule has 150 valence electrons. The van der Waals surface area contributed by atoms with Gasteiger partial charge in [-0.2, -0.15) is 0 Å². The van der Waals surface area contributed by atoms with Crippen LogP contribution in [-0.2, 0) is 19.4 Å². The normalized spacial score (nSPS) is 13.9. The van der Waals surface area contributed by atoms with Crippen LogP contribution in [0.25, 0.3) is 0 Å². The Morgan fingerprint density at radius 3 is 1.12 bits per heavy atom. The van der Waals surface area contributed by atoms with Gasteiger partial charge in [-0.15, -0.1) is 0 Å². The van der Waals surface area contributed by atoms with E-state index in [4.69, 9.17) is 0 Å². The molecule has 0 amide bonds. The van der Waals surface area contributed by atoms with E-state index in [-0.39, 0.29) is 25.7 Å². The summed E-state index contributed by atoms with van der Waals surface area (Å²) >= 11 is 0. The molecule has 0 aliphatic heterocycles. The second kappa shape index (κ2) is 7.78. The van der Waals surface area contributed by atoms with E-state index in [1.165, 1.54) is 27.7 Å². The first-order chi connectivity index (χ1) is 11.8. The average molecular weight is 414 g/mol. The van der Waals surface area contributed by atoms with Crippen molar-refractivity contribution in [1.29, 1.82) is 0 Å². The molecular formula is C16H26F2O6P2. The minimum Gasteiger partial charge on any atom is -0.324 e. The van der Waals surface area contributed by atoms with Crippen LogP contribution in [0.5, 0.6) is 0 Å². The lowest BCUT2D eigenvalue weighted by molar-refractivity contribution is 0.304. The fourth-order valence-electron chi connectivity index (χ4n) is 3.66. The van der Waals surface area contributed by atoms with Crippen molar-refractivity contribution in [3.63, 3.8) is 0 Å². The molecule has 0 bridgehead atoms. The number of rotatable bonds is 8. The maximum Gasteiger partial charge on any atom is 0.336 e. The molecule has 1 aromatic rings. The number of hydrogen-bond donors (Lipinski definition) is 4. The van der Waals surface area contributed by atoms with Crippen LogP contribution in [0.1, 0.15) is 64.5 Å². The van der Waals surface area contributed by atoms with Crippen molar-refractivity contribution < 1.29 is 37.5 Å². The minimum absolute atomic E-state index is 0.130. The molecular weight excluding hydrogens is 388 g/mol. The van der Waals surface area contributed by atoms with Gasteiger partial charge in [-0.3, -0.25) is 9.13 Å². The summed E-state index contributed by atoms with van der Waals surface area (Å²) in [5.41, 5.74) is -0.965. The second-order valence-corrected chi connectivity index (χ2v) is 10.3. The first-order valence-electron chi connectivity index (χ1n) is 8.39. The highest BCUT2D eigenvalue weighted by Crippen LogP contribution is 2.64. The lowest BCUT2D eigenvalue weighted by atomic mass is 9.87. The molecule has 26 heavy (non-hydrogen) atoms. The minimum atomic E-state index is -4.84. The predicted octanol–water partition coefficient (Wildman–Crippen LogP) is 4.35. The molecule has 0 spiro atoms. The monoisotopic (exact) mass is 414 g/mol. The average Bonchev–Trinajstić information content (AvgIpc) is 2.52. The summed E-state index contributed by atoms with van der Waals surface area (Å²) in [5.74, 6) is -2.18. The zero-order valence-corrected chi connectivity index (χ0v) is 17.0. The summed E-state index contributed by atoms with van der Waals surface area (Å²) in [6, 6.07) is 1.35. The third kappa shape index (κ3) is 3.56. The molecule has 1 rings (SSSR count). The van der Waals surface area contributed by atoms with Gasteiger partial charge < -0.3 is 19.6 Å². The molecule has 0 aromatic heterocycles. The highest BCUT2D eigenvalue weighted by Gasteiger charge is 2.50. The molecule has 0 radical (unpaired) electrons. The Hall–Kier alpha value is -0.620. The summed E-state index contributed by atoms with van der Waals surface area (Å²) in [4.78, 5) is 39.0. The topological polar surface area (TPSA) is 115 Å². The van der Waals surface area contributed by atoms with E-state index >= 15 is 0 Å². The highest BCUT2D eigenvalue weighted by molar-refractivity contribution is 7.53. The first-order valence-corrected chi connectivity index (χ1v) is 11.6. The van der Waals surface area contributed by atoms with E-state index < -0.39 is 48.3 Å². The van der Waals surface area contributed by atoms with Crippen LogP contribution in [0, 0.1) is 11.6 Å². The molecule has 0 aliphatic carbocycles. The second-order valence-electron chi connectivity index (χ2n) is 6.38. The fraction of sp³-hybridized carbons (Fsp3) is 0.625. The quantitative estimate of drug-likeness (QED) is 0.470. The van der Waals surface area contributed by atoms with Gasteiger partial charge in [0.25, 0.3) is 0 Å². The van der Waals surface area contributed by atoms with Crippen LogP contribution in [-0.4, -0.2) is 19.6 Å². The van der Waals surface area contributed by atoms with Crippen molar-refractivity contribution in [2.75, 3.05) is 0 Å². The standard InChI is InChI=1S/C16H26F2O6P2/c1-5-15(6-2,25(19,20)21)11-9-14(18)12(10-13(11)17)16(7-3,8-4)26(22,23)24/h9-10H,5-8H2,1-4H3,(H2,19,20,21)(H2,22,23,24). The SMILES string of the molecule is CCC(CC)(c1cc(F)c(C(CC)(CC)P(=O)(O)O)cc1F)P(=O)(O)O. The van der Waals surface area contributed by atoms with Crippen LogP contribution >= 0.6 is 15.2 Å². The third-order valence-electron chi connectivity index (χ3n) is 5.51. The first kappa shape index (κ1) is 23.4. The third-order valence-corrected chi connectivity index (χ3v) is 9.49. The number of benzene rings is 1. The van der Waals surface area contributed by atoms with Gasteiger partial charge in [-0.1, -0.05) is 27.7 Å². The molecule has 10 heteroatoms. The van der Waals surface area contributed by atoms with E-state index in [0.29, 0.717) is 12.1 Å². The van der Waals surface area contributed by atoms with Crippen LogP contribution in [0.15, 0.2) is 12.1 Å². The molecule has 0 heterocycles. The summed E-state index contributed by atoms with van der Waals surface area (Å²) in [6.45, 7) is 5.86. The van der Waals surface area contributed by atoms with Gasteiger partial charge in [0.2, 0.25) is 0 Å². The summed E-state index contributed by atoms with van der Waals surface area (Å²) < 4.78 is 53.7. The van der Waals surface area contributed by atoms with Gasteiger partial charge in [-0.05, 0) is 37.8 Å². The predicted molar refractivity (Wildman–Crippen MR) is 95.0 cm³/mol. The molecule has 0 unspecified atom stereocenters. The number of halogens is 2. The van der Waals surface area contributed by atoms with Crippen LogP contribution in [0.2, 0.25) is 0 Å². The van der Waals surface area contributed by atoms with Crippen molar-refractivity contribution in [3.05, 3.63) is 34.9 Å². The molecule has 0 saturated carbocycles. The van der Waals surface area contributed by atoms with Crippen molar-refractivity contribution in [3.8, 4) is 0 Å². The van der Waals surface area contributed by atoms with Crippen molar-refractivity contribution >= 4 is 15.2 Å². The van der Waals surface area contributed by atoms with Crippen LogP contribution in [0.4, 0.5) is 8.78 Å². The van der Waals surface area contributed by atoms with Crippen LogP contribution < -0.4 is 0 Å². The van der Waals surface area contributed by atoms with Crippen molar-refractivity contribution in [2.45, 2.75) is 63.7 Å². The molecule has 1 aromatic carbocycles. The van der Waals surface area contributed by atoms with Gasteiger partial charge in [0, 0.05) is 11.1 Å². The maximum absolute atomic E-state index is 14.9. The van der Waals surface area contributed by atoms with E-state index in [1.807, 2.05) is 0 Å². The summed E-state index contributed by atoms with van der Waals surface area (Å²) in [6.07, 6.45) is -0.521. The molecule has 4 N–H and O–H groups in total. The Morgan fingerprint density at radius 2 is 0.962 bits per heavy atom. The Kier molecular flexibility index (Phi) is 7.01. The maximum atomic E-state index is 14.9. The van der Waals surface area contributed by atoms with E-state index in [0.717, 1.165) is 0 Å². The van der Waals surface area contributed by atoms with Gasteiger partial charge in [0.1, 0.15) is 11.6 Å². The van der Waals surface area contributed by atoms with Crippen molar-refractivity contribution in [1.82, 2.24) is 0 Å². The lowest BCUT2D eigenvalue weighted by Crippen LogP contribution is -2.29. The fourth-order valence-corrected chi connectivity index (χ4v) is 6.28.